The van der Waals surface area contributed by atoms with Gasteiger partial charge in [-0.1, -0.05) is 54.6 Å². The number of rotatable bonds is 6. The highest BCUT2D eigenvalue weighted by molar-refractivity contribution is 7.13. The van der Waals surface area contributed by atoms with Gasteiger partial charge < -0.3 is 9.88 Å². The summed E-state index contributed by atoms with van der Waals surface area (Å²) in [5, 5.41) is 7.06. The van der Waals surface area contributed by atoms with Gasteiger partial charge in [0.15, 0.2) is 5.65 Å². The molecule has 0 aliphatic rings. The average Bonchev–Trinajstić information content (AvgIpc) is 3.48. The number of hydrogen-bond acceptors (Lipinski definition) is 5. The van der Waals surface area contributed by atoms with E-state index in [1.807, 2.05) is 53.9 Å². The predicted molar refractivity (Wildman–Crippen MR) is 141 cm³/mol. The third-order valence-electron chi connectivity index (χ3n) is 6.21. The van der Waals surface area contributed by atoms with Crippen molar-refractivity contribution in [1.29, 1.82) is 0 Å². The molecular weight excluding hydrogens is 454 g/mol. The quantitative estimate of drug-likeness (QED) is 0.325. The topological polar surface area (TPSA) is 72.7 Å². The van der Waals surface area contributed by atoms with Gasteiger partial charge in [-0.15, -0.1) is 11.3 Å². The Kier molecular flexibility index (Phi) is 5.47. The summed E-state index contributed by atoms with van der Waals surface area (Å²) in [5.74, 6) is -0.0184. The zero-order valence-electron chi connectivity index (χ0n) is 19.2. The lowest BCUT2D eigenvalue weighted by Crippen LogP contribution is -2.24. The first-order chi connectivity index (χ1) is 17.2. The number of aryl methyl sites for hydroxylation is 2. The summed E-state index contributed by atoms with van der Waals surface area (Å²) in [6.07, 6.45) is 0.344. The molecule has 3 aromatic carbocycles. The fourth-order valence-electron chi connectivity index (χ4n) is 4.42. The standard InChI is InChI=1S/C28H23N5OS/c1-18-8-2-3-9-20(18)28-30-19(17-35-28)16-29-25(34)14-15-33-24-13-7-4-10-21(24)26-27(33)32-23-12-6-5-11-22(23)31-26/h2-13,17H,14-16H2,1H3,(H,29,34). The van der Waals surface area contributed by atoms with Crippen LogP contribution in [0.5, 0.6) is 0 Å². The lowest BCUT2D eigenvalue weighted by molar-refractivity contribution is -0.121. The van der Waals surface area contributed by atoms with Crippen molar-refractivity contribution in [2.24, 2.45) is 0 Å². The second-order valence-corrected chi connectivity index (χ2v) is 9.40. The molecule has 3 heterocycles. The largest absolute Gasteiger partial charge is 0.350 e. The van der Waals surface area contributed by atoms with Crippen LogP contribution in [0, 0.1) is 6.92 Å². The second-order valence-electron chi connectivity index (χ2n) is 8.54. The molecule has 0 saturated carbocycles. The van der Waals surface area contributed by atoms with Crippen LogP contribution in [0.1, 0.15) is 17.7 Å². The normalized spacial score (nSPS) is 11.5. The molecule has 0 bridgehead atoms. The monoisotopic (exact) mass is 477 g/mol. The fourth-order valence-corrected chi connectivity index (χ4v) is 5.33. The number of aromatic nitrogens is 4. The van der Waals surface area contributed by atoms with E-state index in [9.17, 15) is 4.79 Å². The SMILES string of the molecule is Cc1ccccc1-c1nc(CNC(=O)CCn2c3ccccc3c3nc4ccccc4nc32)cs1. The van der Waals surface area contributed by atoms with Gasteiger partial charge in [-0.2, -0.15) is 0 Å². The van der Waals surface area contributed by atoms with Gasteiger partial charge in [0.1, 0.15) is 10.5 Å². The minimum absolute atomic E-state index is 0.0184. The number of thiazole rings is 1. The molecule has 6 rings (SSSR count). The van der Waals surface area contributed by atoms with Crippen LogP contribution in [-0.2, 0) is 17.9 Å². The van der Waals surface area contributed by atoms with Gasteiger partial charge in [0.2, 0.25) is 5.91 Å². The molecule has 0 atom stereocenters. The maximum absolute atomic E-state index is 12.7. The van der Waals surface area contributed by atoms with Crippen molar-refractivity contribution in [3.63, 3.8) is 0 Å². The van der Waals surface area contributed by atoms with E-state index in [1.165, 1.54) is 5.56 Å². The van der Waals surface area contributed by atoms with Gasteiger partial charge in [-0.05, 0) is 30.7 Å². The highest BCUT2D eigenvalue weighted by Crippen LogP contribution is 2.29. The van der Waals surface area contributed by atoms with Crippen LogP contribution >= 0.6 is 11.3 Å². The molecule has 35 heavy (non-hydrogen) atoms. The van der Waals surface area contributed by atoms with Crippen molar-refractivity contribution in [1.82, 2.24) is 24.8 Å². The number of nitrogens with one attached hydrogen (secondary N) is 1. The van der Waals surface area contributed by atoms with Crippen LogP contribution in [0.15, 0.2) is 78.2 Å². The van der Waals surface area contributed by atoms with Crippen LogP contribution in [0.2, 0.25) is 0 Å². The number of benzene rings is 3. The van der Waals surface area contributed by atoms with E-state index < -0.39 is 0 Å². The number of fused-ring (bicyclic) bond motifs is 4. The summed E-state index contributed by atoms with van der Waals surface area (Å²) in [7, 11) is 0. The van der Waals surface area contributed by atoms with Crippen molar-refractivity contribution in [2.75, 3.05) is 0 Å². The van der Waals surface area contributed by atoms with Gasteiger partial charge in [-0.25, -0.2) is 15.0 Å². The summed E-state index contributed by atoms with van der Waals surface area (Å²) in [4.78, 5) is 27.2. The minimum atomic E-state index is -0.0184. The minimum Gasteiger partial charge on any atom is -0.350 e. The first-order valence-corrected chi connectivity index (χ1v) is 12.5. The second kappa shape index (κ2) is 8.92. The van der Waals surface area contributed by atoms with E-state index in [0.717, 1.165) is 49.4 Å². The Morgan fingerprint density at radius 3 is 2.51 bits per heavy atom. The number of carbonyl (C=O) groups excluding carboxylic acids is 1. The Bertz CT molecular complexity index is 1700. The first-order valence-electron chi connectivity index (χ1n) is 11.6. The molecule has 7 heteroatoms. The van der Waals surface area contributed by atoms with Crippen molar-refractivity contribution in [3.05, 3.63) is 89.4 Å². The Morgan fingerprint density at radius 2 is 1.66 bits per heavy atom. The fraction of sp³-hybridized carbons (Fsp3) is 0.143. The van der Waals surface area contributed by atoms with Crippen molar-refractivity contribution < 1.29 is 4.79 Å². The number of hydrogen-bond donors (Lipinski definition) is 1. The molecule has 0 radical (unpaired) electrons. The maximum Gasteiger partial charge on any atom is 0.222 e. The summed E-state index contributed by atoms with van der Waals surface area (Å²) in [6, 6.07) is 24.2. The Labute approximate surface area is 206 Å². The van der Waals surface area contributed by atoms with Gasteiger partial charge in [0.25, 0.3) is 0 Å². The van der Waals surface area contributed by atoms with E-state index in [0.29, 0.717) is 19.5 Å². The number of amides is 1. The van der Waals surface area contributed by atoms with Gasteiger partial charge in [0, 0.05) is 29.3 Å². The van der Waals surface area contributed by atoms with E-state index in [4.69, 9.17) is 15.0 Å². The molecule has 6 nitrogen and oxygen atoms in total. The number of para-hydroxylation sites is 3. The van der Waals surface area contributed by atoms with Crippen LogP contribution in [-0.4, -0.2) is 25.4 Å². The summed E-state index contributed by atoms with van der Waals surface area (Å²) in [6.45, 7) is 3.02. The molecule has 0 aliphatic heterocycles. The van der Waals surface area contributed by atoms with Crippen molar-refractivity contribution in [3.8, 4) is 10.6 Å². The number of carbonyl (C=O) groups is 1. The van der Waals surface area contributed by atoms with E-state index in [-0.39, 0.29) is 5.91 Å². The molecule has 0 spiro atoms. The average molecular weight is 478 g/mol. The predicted octanol–water partition coefficient (Wildman–Crippen LogP) is 5.88. The third-order valence-corrected chi connectivity index (χ3v) is 7.14. The molecule has 0 fully saturated rings. The van der Waals surface area contributed by atoms with E-state index in [2.05, 4.69) is 41.1 Å². The summed E-state index contributed by atoms with van der Waals surface area (Å²) >= 11 is 1.60. The van der Waals surface area contributed by atoms with Gasteiger partial charge in [-0.3, -0.25) is 4.79 Å². The molecule has 1 amide bonds. The van der Waals surface area contributed by atoms with E-state index in [1.54, 1.807) is 11.3 Å². The molecule has 0 unspecified atom stereocenters. The van der Waals surface area contributed by atoms with Crippen LogP contribution in [0.4, 0.5) is 0 Å². The van der Waals surface area contributed by atoms with Crippen LogP contribution < -0.4 is 5.32 Å². The molecule has 0 saturated heterocycles. The van der Waals surface area contributed by atoms with Crippen LogP contribution in [0.3, 0.4) is 0 Å². The zero-order valence-corrected chi connectivity index (χ0v) is 20.0. The van der Waals surface area contributed by atoms with Gasteiger partial charge >= 0.3 is 0 Å². The van der Waals surface area contributed by atoms with Crippen molar-refractivity contribution in [2.45, 2.75) is 26.4 Å². The molecule has 6 aromatic rings. The van der Waals surface area contributed by atoms with Crippen LogP contribution in [0.25, 0.3) is 43.7 Å². The highest BCUT2D eigenvalue weighted by atomic mass is 32.1. The lowest BCUT2D eigenvalue weighted by atomic mass is 10.1. The highest BCUT2D eigenvalue weighted by Gasteiger charge is 2.15. The lowest BCUT2D eigenvalue weighted by Gasteiger charge is -2.08. The maximum atomic E-state index is 12.7. The Hall–Kier alpha value is -4.10. The molecule has 172 valence electrons. The Morgan fingerprint density at radius 1 is 0.914 bits per heavy atom. The molecule has 0 aliphatic carbocycles. The first kappa shape index (κ1) is 21.4. The third kappa shape index (κ3) is 4.04. The molecular formula is C28H23N5OS. The number of nitrogens with zero attached hydrogens (tertiary/aromatic N) is 4. The Balaban J connectivity index is 1.20. The van der Waals surface area contributed by atoms with E-state index >= 15 is 0 Å². The smallest absolute Gasteiger partial charge is 0.222 e. The van der Waals surface area contributed by atoms with Gasteiger partial charge in [0.05, 0.1) is 28.8 Å². The molecule has 1 N–H and O–H groups in total. The summed E-state index contributed by atoms with van der Waals surface area (Å²) < 4.78 is 2.10. The zero-order chi connectivity index (χ0) is 23.8. The molecule has 3 aromatic heterocycles. The van der Waals surface area contributed by atoms with Crippen molar-refractivity contribution >= 4 is 50.3 Å². The summed E-state index contributed by atoms with van der Waals surface area (Å²) in [5.41, 5.74) is 7.62.